The van der Waals surface area contributed by atoms with Crippen molar-refractivity contribution in [2.24, 2.45) is 0 Å². The third kappa shape index (κ3) is 4.02. The van der Waals surface area contributed by atoms with Gasteiger partial charge in [0.1, 0.15) is 0 Å². The number of benzene rings is 2. The Balaban J connectivity index is 2.09. The molecule has 2 rings (SSSR count). The summed E-state index contributed by atoms with van der Waals surface area (Å²) in [5.74, 6) is -1.82. The van der Waals surface area contributed by atoms with Gasteiger partial charge in [0.05, 0.1) is 6.42 Å². The Morgan fingerprint density at radius 3 is 2.57 bits per heavy atom. The van der Waals surface area contributed by atoms with Gasteiger partial charge in [-0.05, 0) is 29.3 Å². The van der Waals surface area contributed by atoms with Crippen molar-refractivity contribution in [3.8, 4) is 0 Å². The summed E-state index contributed by atoms with van der Waals surface area (Å²) < 4.78 is 26.0. The first-order valence-electron chi connectivity index (χ1n) is 6.56. The fourth-order valence-electron chi connectivity index (χ4n) is 1.96. The van der Waals surface area contributed by atoms with Gasteiger partial charge < -0.3 is 10.6 Å². The molecule has 3 nitrogen and oxygen atoms in total. The molecule has 0 radical (unpaired) electrons. The van der Waals surface area contributed by atoms with E-state index >= 15 is 0 Å². The van der Waals surface area contributed by atoms with Gasteiger partial charge >= 0.3 is 0 Å². The molecule has 2 N–H and O–H groups in total. The molecule has 110 valence electrons. The van der Waals surface area contributed by atoms with E-state index in [0.717, 1.165) is 23.4 Å². The molecule has 0 unspecified atom stereocenters. The van der Waals surface area contributed by atoms with Crippen LogP contribution in [-0.4, -0.2) is 13.0 Å². The van der Waals surface area contributed by atoms with Gasteiger partial charge in [0.2, 0.25) is 5.91 Å². The van der Waals surface area contributed by atoms with Crippen molar-refractivity contribution in [1.29, 1.82) is 0 Å². The Hall–Kier alpha value is -2.43. The first kappa shape index (κ1) is 15.0. The summed E-state index contributed by atoms with van der Waals surface area (Å²) in [6.45, 7) is 0.349. The van der Waals surface area contributed by atoms with E-state index in [0.29, 0.717) is 12.1 Å². The Labute approximate surface area is 122 Å². The number of hydrogen-bond donors (Lipinski definition) is 2. The molecule has 0 atom stereocenters. The average molecular weight is 290 g/mol. The highest BCUT2D eigenvalue weighted by molar-refractivity contribution is 5.80. The number of rotatable bonds is 5. The Bertz CT molecular complexity index is 644. The van der Waals surface area contributed by atoms with Crippen LogP contribution in [0, 0.1) is 11.6 Å². The van der Waals surface area contributed by atoms with Gasteiger partial charge in [0.25, 0.3) is 0 Å². The van der Waals surface area contributed by atoms with E-state index in [4.69, 9.17) is 0 Å². The van der Waals surface area contributed by atoms with Crippen LogP contribution >= 0.6 is 0 Å². The minimum Gasteiger partial charge on any atom is -0.381 e. The zero-order chi connectivity index (χ0) is 15.2. The molecule has 21 heavy (non-hydrogen) atoms. The summed E-state index contributed by atoms with van der Waals surface area (Å²) in [5, 5.41) is 5.71. The summed E-state index contributed by atoms with van der Waals surface area (Å²) in [6, 6.07) is 11.2. The molecule has 0 fully saturated rings. The van der Waals surface area contributed by atoms with E-state index in [2.05, 4.69) is 10.6 Å². The molecule has 0 aliphatic carbocycles. The molecular formula is C16H16F2N2O. The fraction of sp³-hybridized carbons (Fsp3) is 0.188. The van der Waals surface area contributed by atoms with Crippen LogP contribution in [0.25, 0.3) is 0 Å². The highest BCUT2D eigenvalue weighted by atomic mass is 19.2. The lowest BCUT2D eigenvalue weighted by Crippen LogP contribution is -2.20. The molecule has 0 saturated heterocycles. The predicted octanol–water partition coefficient (Wildman–Crippen LogP) is 2.87. The monoisotopic (exact) mass is 290 g/mol. The number of carbonyl (C=O) groups excluding carboxylic acids is 1. The molecule has 0 aliphatic rings. The van der Waals surface area contributed by atoms with E-state index in [1.807, 2.05) is 24.3 Å². The Morgan fingerprint density at radius 2 is 1.86 bits per heavy atom. The lowest BCUT2D eigenvalue weighted by Gasteiger charge is -2.12. The SMILES string of the molecule is CNC(=O)Cc1ccccc1NCc1ccc(F)c(F)c1. The van der Waals surface area contributed by atoms with Crippen LogP contribution in [0.5, 0.6) is 0 Å². The molecule has 2 aromatic carbocycles. The number of nitrogens with one attached hydrogen (secondary N) is 2. The van der Waals surface area contributed by atoms with Gasteiger partial charge in [0, 0.05) is 19.3 Å². The number of likely N-dealkylation sites (N-methyl/N-ethyl adjacent to an activating group) is 1. The van der Waals surface area contributed by atoms with Gasteiger partial charge in [-0.15, -0.1) is 0 Å². The number of anilines is 1. The lowest BCUT2D eigenvalue weighted by molar-refractivity contribution is -0.119. The van der Waals surface area contributed by atoms with Crippen LogP contribution in [0.3, 0.4) is 0 Å². The van der Waals surface area contributed by atoms with Crippen molar-refractivity contribution in [3.05, 3.63) is 65.2 Å². The summed E-state index contributed by atoms with van der Waals surface area (Å²) >= 11 is 0. The maximum atomic E-state index is 13.1. The molecule has 0 aliphatic heterocycles. The minimum atomic E-state index is -0.868. The Morgan fingerprint density at radius 1 is 1.10 bits per heavy atom. The average Bonchev–Trinajstić information content (AvgIpc) is 2.49. The van der Waals surface area contributed by atoms with Crippen molar-refractivity contribution < 1.29 is 13.6 Å². The quantitative estimate of drug-likeness (QED) is 0.889. The summed E-state index contributed by atoms with van der Waals surface area (Å²) in [7, 11) is 1.58. The zero-order valence-corrected chi connectivity index (χ0v) is 11.6. The lowest BCUT2D eigenvalue weighted by atomic mass is 10.1. The van der Waals surface area contributed by atoms with Crippen molar-refractivity contribution in [2.45, 2.75) is 13.0 Å². The zero-order valence-electron chi connectivity index (χ0n) is 11.6. The molecule has 0 heterocycles. The second kappa shape index (κ2) is 6.83. The van der Waals surface area contributed by atoms with Gasteiger partial charge in [-0.3, -0.25) is 4.79 Å². The van der Waals surface area contributed by atoms with E-state index in [1.165, 1.54) is 6.07 Å². The largest absolute Gasteiger partial charge is 0.381 e. The molecule has 2 aromatic rings. The topological polar surface area (TPSA) is 41.1 Å². The smallest absolute Gasteiger partial charge is 0.224 e. The highest BCUT2D eigenvalue weighted by Crippen LogP contribution is 2.17. The number of carbonyl (C=O) groups is 1. The van der Waals surface area contributed by atoms with Gasteiger partial charge in [0.15, 0.2) is 11.6 Å². The highest BCUT2D eigenvalue weighted by Gasteiger charge is 2.07. The van der Waals surface area contributed by atoms with E-state index in [-0.39, 0.29) is 12.3 Å². The molecule has 0 saturated carbocycles. The van der Waals surface area contributed by atoms with E-state index in [9.17, 15) is 13.6 Å². The van der Waals surface area contributed by atoms with Crippen molar-refractivity contribution in [3.63, 3.8) is 0 Å². The predicted molar refractivity (Wildman–Crippen MR) is 77.9 cm³/mol. The van der Waals surface area contributed by atoms with Crippen LogP contribution < -0.4 is 10.6 Å². The molecule has 0 aromatic heterocycles. The fourth-order valence-corrected chi connectivity index (χ4v) is 1.96. The van der Waals surface area contributed by atoms with Crippen LogP contribution in [-0.2, 0) is 17.8 Å². The normalized spacial score (nSPS) is 10.2. The van der Waals surface area contributed by atoms with Gasteiger partial charge in [-0.1, -0.05) is 24.3 Å². The number of halogens is 2. The van der Waals surface area contributed by atoms with Gasteiger partial charge in [-0.2, -0.15) is 0 Å². The first-order chi connectivity index (χ1) is 10.1. The standard InChI is InChI=1S/C16H16F2N2O/c1-19-16(21)9-12-4-2-3-5-15(12)20-10-11-6-7-13(17)14(18)8-11/h2-8,20H,9-10H2,1H3,(H,19,21). The van der Waals surface area contributed by atoms with Crippen LogP contribution in [0.1, 0.15) is 11.1 Å². The molecular weight excluding hydrogens is 274 g/mol. The van der Waals surface area contributed by atoms with Crippen LogP contribution in [0.15, 0.2) is 42.5 Å². The summed E-state index contributed by atoms with van der Waals surface area (Å²) in [4.78, 5) is 11.5. The van der Waals surface area contributed by atoms with Crippen molar-refractivity contribution in [2.75, 3.05) is 12.4 Å². The molecule has 1 amide bonds. The molecule has 0 spiro atoms. The molecule has 0 bridgehead atoms. The second-order valence-electron chi connectivity index (χ2n) is 4.61. The summed E-state index contributed by atoms with van der Waals surface area (Å²) in [5.41, 5.74) is 2.27. The third-order valence-corrected chi connectivity index (χ3v) is 3.11. The third-order valence-electron chi connectivity index (χ3n) is 3.11. The summed E-state index contributed by atoms with van der Waals surface area (Å²) in [6.07, 6.45) is 0.261. The van der Waals surface area contributed by atoms with Crippen molar-refractivity contribution in [1.82, 2.24) is 5.32 Å². The Kier molecular flexibility index (Phi) is 4.87. The van der Waals surface area contributed by atoms with Crippen molar-refractivity contribution >= 4 is 11.6 Å². The van der Waals surface area contributed by atoms with E-state index < -0.39 is 11.6 Å². The van der Waals surface area contributed by atoms with Crippen LogP contribution in [0.2, 0.25) is 0 Å². The number of para-hydroxylation sites is 1. The van der Waals surface area contributed by atoms with Crippen LogP contribution in [0.4, 0.5) is 14.5 Å². The number of amides is 1. The second-order valence-corrected chi connectivity index (χ2v) is 4.61. The minimum absolute atomic E-state index is 0.0860. The maximum Gasteiger partial charge on any atom is 0.224 e. The molecule has 5 heteroatoms. The maximum absolute atomic E-state index is 13.1. The van der Waals surface area contributed by atoms with Gasteiger partial charge in [-0.25, -0.2) is 8.78 Å². The number of hydrogen-bond acceptors (Lipinski definition) is 2. The first-order valence-corrected chi connectivity index (χ1v) is 6.56. The van der Waals surface area contributed by atoms with E-state index in [1.54, 1.807) is 7.05 Å².